The van der Waals surface area contributed by atoms with E-state index in [0.717, 1.165) is 5.56 Å². The van der Waals surface area contributed by atoms with Crippen LogP contribution in [0.15, 0.2) is 47.5 Å². The van der Waals surface area contributed by atoms with Crippen molar-refractivity contribution in [1.29, 1.82) is 0 Å². The Morgan fingerprint density at radius 1 is 1.00 bits per heavy atom. The van der Waals surface area contributed by atoms with E-state index >= 15 is 0 Å². The number of hydrogen-bond acceptors (Lipinski definition) is 1. The van der Waals surface area contributed by atoms with E-state index in [9.17, 15) is 8.78 Å². The van der Waals surface area contributed by atoms with E-state index in [4.69, 9.17) is 0 Å². The van der Waals surface area contributed by atoms with E-state index in [1.807, 2.05) is 45.2 Å². The minimum Gasteiger partial charge on any atom is -0.242 e. The fraction of sp³-hybridized carbons (Fsp3) is 0. The van der Waals surface area contributed by atoms with Gasteiger partial charge >= 0.3 is 0 Å². The zero-order valence-corrected chi connectivity index (χ0v) is 13.3. The standard InChI is InChI=1S/C13H7F2I2N/c14-8-4-6-9(7-5-8)18-13(17)10-2-1-3-11(15)12(10)16/h1-7H. The molecule has 0 N–H and O–H groups in total. The maximum Gasteiger partial charge on any atom is 0.137 e. The number of rotatable bonds is 2. The third kappa shape index (κ3) is 3.25. The molecule has 0 amide bonds. The summed E-state index contributed by atoms with van der Waals surface area (Å²) in [5.41, 5.74) is 1.38. The summed E-state index contributed by atoms with van der Waals surface area (Å²) in [5, 5.41) is 0. The molecule has 1 nitrogen and oxygen atoms in total. The highest BCUT2D eigenvalue weighted by Gasteiger charge is 2.08. The van der Waals surface area contributed by atoms with Crippen LogP contribution >= 0.6 is 45.2 Å². The summed E-state index contributed by atoms with van der Waals surface area (Å²) < 4.78 is 27.4. The molecule has 0 aliphatic rings. The van der Waals surface area contributed by atoms with E-state index in [1.54, 1.807) is 24.3 Å². The van der Waals surface area contributed by atoms with Crippen LogP contribution in [0.4, 0.5) is 14.5 Å². The van der Waals surface area contributed by atoms with Gasteiger partial charge in [-0.2, -0.15) is 0 Å². The van der Waals surface area contributed by atoms with Gasteiger partial charge in [0.15, 0.2) is 0 Å². The van der Waals surface area contributed by atoms with E-state index in [-0.39, 0.29) is 11.6 Å². The van der Waals surface area contributed by atoms with Gasteiger partial charge in [-0.1, -0.05) is 12.1 Å². The summed E-state index contributed by atoms with van der Waals surface area (Å²) in [6.45, 7) is 0. The van der Waals surface area contributed by atoms with Crippen LogP contribution in [0, 0.1) is 15.2 Å². The van der Waals surface area contributed by atoms with Gasteiger partial charge in [0.05, 0.1) is 9.26 Å². The lowest BCUT2D eigenvalue weighted by Gasteiger charge is -2.03. The Balaban J connectivity index is 2.39. The van der Waals surface area contributed by atoms with Crippen molar-refractivity contribution in [2.45, 2.75) is 0 Å². The molecule has 18 heavy (non-hydrogen) atoms. The Labute approximate surface area is 131 Å². The number of hydrogen-bond donors (Lipinski definition) is 0. The second-order valence-corrected chi connectivity index (χ2v) is 5.58. The zero-order valence-electron chi connectivity index (χ0n) is 9.00. The lowest BCUT2D eigenvalue weighted by atomic mass is 10.2. The topological polar surface area (TPSA) is 12.4 Å². The molecule has 0 heterocycles. The molecular weight excluding hydrogens is 462 g/mol. The Kier molecular flexibility index (Phi) is 4.66. The van der Waals surface area contributed by atoms with Crippen LogP contribution in [-0.4, -0.2) is 3.72 Å². The van der Waals surface area contributed by atoms with Gasteiger partial charge in [0.2, 0.25) is 0 Å². The van der Waals surface area contributed by atoms with Crippen molar-refractivity contribution in [2.24, 2.45) is 4.99 Å². The number of halogens is 4. The van der Waals surface area contributed by atoms with Crippen molar-refractivity contribution in [2.75, 3.05) is 0 Å². The molecule has 2 rings (SSSR count). The molecule has 0 bridgehead atoms. The van der Waals surface area contributed by atoms with Crippen LogP contribution in [0.5, 0.6) is 0 Å². The van der Waals surface area contributed by atoms with Crippen molar-refractivity contribution in [3.63, 3.8) is 0 Å². The van der Waals surface area contributed by atoms with Crippen molar-refractivity contribution in [3.8, 4) is 0 Å². The van der Waals surface area contributed by atoms with Gasteiger partial charge in [0.25, 0.3) is 0 Å². The molecule has 0 unspecified atom stereocenters. The molecule has 2 aromatic carbocycles. The monoisotopic (exact) mass is 469 g/mol. The molecule has 92 valence electrons. The molecule has 0 aliphatic heterocycles. The van der Waals surface area contributed by atoms with Gasteiger partial charge in [0, 0.05) is 5.56 Å². The fourth-order valence-electron chi connectivity index (χ4n) is 1.35. The summed E-state index contributed by atoms with van der Waals surface area (Å²) >= 11 is 3.99. The van der Waals surface area contributed by atoms with Gasteiger partial charge in [-0.3, -0.25) is 0 Å². The van der Waals surface area contributed by atoms with Crippen LogP contribution in [0.1, 0.15) is 5.56 Å². The second kappa shape index (κ2) is 6.05. The highest BCUT2D eigenvalue weighted by Crippen LogP contribution is 2.22. The highest BCUT2D eigenvalue weighted by molar-refractivity contribution is 14.1. The summed E-state index contributed by atoms with van der Waals surface area (Å²) in [7, 11) is 0. The molecule has 0 fully saturated rings. The van der Waals surface area contributed by atoms with E-state index in [1.165, 1.54) is 18.2 Å². The molecule has 0 radical (unpaired) electrons. The minimum atomic E-state index is -0.302. The average Bonchev–Trinajstić information content (AvgIpc) is 2.35. The first-order chi connectivity index (χ1) is 8.58. The molecule has 0 spiro atoms. The van der Waals surface area contributed by atoms with Crippen molar-refractivity contribution in [3.05, 3.63) is 63.2 Å². The Morgan fingerprint density at radius 3 is 2.33 bits per heavy atom. The molecule has 0 atom stereocenters. The minimum absolute atomic E-state index is 0.267. The third-order valence-corrected chi connectivity index (χ3v) is 4.15. The quantitative estimate of drug-likeness (QED) is 0.430. The molecular formula is C13H7F2I2N. The SMILES string of the molecule is Fc1ccc(N=C(I)c2cccc(F)c2I)cc1. The number of aliphatic imine (C=N–C) groups is 1. The molecule has 0 saturated heterocycles. The number of nitrogens with zero attached hydrogens (tertiary/aromatic N) is 1. The molecule has 2 aromatic rings. The van der Waals surface area contributed by atoms with Gasteiger partial charge in [-0.05, 0) is 75.5 Å². The predicted octanol–water partition coefficient (Wildman–Crippen LogP) is 5.08. The van der Waals surface area contributed by atoms with Crippen molar-refractivity contribution < 1.29 is 8.78 Å². The lowest BCUT2D eigenvalue weighted by Crippen LogP contribution is -1.96. The Morgan fingerprint density at radius 2 is 1.67 bits per heavy atom. The number of benzene rings is 2. The molecule has 0 aliphatic carbocycles. The third-order valence-electron chi connectivity index (χ3n) is 2.23. The second-order valence-electron chi connectivity index (χ2n) is 3.48. The van der Waals surface area contributed by atoms with Gasteiger partial charge in [-0.25, -0.2) is 13.8 Å². The van der Waals surface area contributed by atoms with Gasteiger partial charge in [-0.15, -0.1) is 0 Å². The van der Waals surface area contributed by atoms with Gasteiger partial charge in [0.1, 0.15) is 15.4 Å². The maximum atomic E-state index is 13.4. The van der Waals surface area contributed by atoms with Crippen molar-refractivity contribution >= 4 is 54.6 Å². The maximum absolute atomic E-state index is 13.4. The van der Waals surface area contributed by atoms with Crippen LogP contribution in [0.3, 0.4) is 0 Å². The predicted molar refractivity (Wildman–Crippen MR) is 85.7 cm³/mol. The van der Waals surface area contributed by atoms with E-state index < -0.39 is 0 Å². The summed E-state index contributed by atoms with van der Waals surface area (Å²) in [6, 6.07) is 10.7. The lowest BCUT2D eigenvalue weighted by molar-refractivity contribution is 0.620. The molecule has 0 aromatic heterocycles. The average molecular weight is 469 g/mol. The summed E-state index contributed by atoms with van der Waals surface area (Å²) in [5.74, 6) is -0.569. The van der Waals surface area contributed by atoms with Crippen molar-refractivity contribution in [1.82, 2.24) is 0 Å². The van der Waals surface area contributed by atoms with E-state index in [0.29, 0.717) is 13.0 Å². The Hall–Kier alpha value is -0.570. The summed E-state index contributed by atoms with van der Waals surface area (Å²) in [6.07, 6.45) is 0. The summed E-state index contributed by atoms with van der Waals surface area (Å²) in [4.78, 5) is 4.34. The Bertz CT molecular complexity index is 594. The van der Waals surface area contributed by atoms with E-state index in [2.05, 4.69) is 4.99 Å². The van der Waals surface area contributed by atoms with Crippen LogP contribution in [0.2, 0.25) is 0 Å². The van der Waals surface area contributed by atoms with Crippen LogP contribution in [0.25, 0.3) is 0 Å². The molecule has 5 heteroatoms. The first-order valence-electron chi connectivity index (χ1n) is 5.02. The highest BCUT2D eigenvalue weighted by atomic mass is 127. The molecule has 0 saturated carbocycles. The first-order valence-corrected chi connectivity index (χ1v) is 7.18. The largest absolute Gasteiger partial charge is 0.242 e. The smallest absolute Gasteiger partial charge is 0.137 e. The van der Waals surface area contributed by atoms with Crippen LogP contribution < -0.4 is 0 Å². The fourth-order valence-corrected chi connectivity index (χ4v) is 3.21. The normalized spacial score (nSPS) is 11.7. The van der Waals surface area contributed by atoms with Gasteiger partial charge < -0.3 is 0 Å². The zero-order chi connectivity index (χ0) is 13.1. The first kappa shape index (κ1) is 13.9. The van der Waals surface area contributed by atoms with Crippen LogP contribution in [-0.2, 0) is 0 Å².